The molecule has 0 saturated carbocycles. The summed E-state index contributed by atoms with van der Waals surface area (Å²) in [6.45, 7) is 0.560. The van der Waals surface area contributed by atoms with Gasteiger partial charge in [0.1, 0.15) is 11.6 Å². The number of amides is 1. The van der Waals surface area contributed by atoms with Crippen molar-refractivity contribution in [3.63, 3.8) is 0 Å². The number of hydrogen-bond acceptors (Lipinski definition) is 5. The van der Waals surface area contributed by atoms with Crippen LogP contribution in [0.3, 0.4) is 0 Å². The monoisotopic (exact) mass is 429 g/mol. The number of anilines is 3. The predicted octanol–water partition coefficient (Wildman–Crippen LogP) is 4.28. The van der Waals surface area contributed by atoms with Gasteiger partial charge in [-0.1, -0.05) is 12.1 Å². The molecule has 138 valence electrons. The summed E-state index contributed by atoms with van der Waals surface area (Å²) in [5.41, 5.74) is 2.08. The third-order valence-electron chi connectivity index (χ3n) is 3.75. The molecule has 0 unspecified atom stereocenters. The summed E-state index contributed by atoms with van der Waals surface area (Å²) in [5.74, 6) is 0.550. The van der Waals surface area contributed by atoms with Gasteiger partial charge in [0.05, 0.1) is 4.47 Å². The average molecular weight is 430 g/mol. The van der Waals surface area contributed by atoms with Crippen molar-refractivity contribution in [3.05, 3.63) is 76.1 Å². The topological polar surface area (TPSA) is 78.9 Å². The second kappa shape index (κ2) is 8.59. The van der Waals surface area contributed by atoms with E-state index < -0.39 is 0 Å². The van der Waals surface area contributed by atoms with Crippen LogP contribution >= 0.6 is 15.9 Å². The summed E-state index contributed by atoms with van der Waals surface area (Å²) in [6, 6.07) is 12.8. The van der Waals surface area contributed by atoms with E-state index in [4.69, 9.17) is 0 Å². The zero-order valence-corrected chi connectivity index (χ0v) is 16.0. The number of halogens is 2. The molecule has 27 heavy (non-hydrogen) atoms. The van der Waals surface area contributed by atoms with Crippen molar-refractivity contribution in [2.75, 3.05) is 23.0 Å². The Morgan fingerprint density at radius 2 is 1.81 bits per heavy atom. The zero-order valence-electron chi connectivity index (χ0n) is 14.5. The van der Waals surface area contributed by atoms with Gasteiger partial charge in [-0.05, 0) is 57.9 Å². The fourth-order valence-corrected chi connectivity index (χ4v) is 2.64. The van der Waals surface area contributed by atoms with E-state index in [0.717, 1.165) is 10.0 Å². The summed E-state index contributed by atoms with van der Waals surface area (Å²) in [4.78, 5) is 20.6. The lowest BCUT2D eigenvalue weighted by Crippen LogP contribution is -2.12. The number of nitrogens with zero attached hydrogens (tertiary/aromatic N) is 2. The molecule has 0 saturated heterocycles. The van der Waals surface area contributed by atoms with Crippen LogP contribution in [0.15, 0.2) is 59.2 Å². The first kappa shape index (κ1) is 18.8. The van der Waals surface area contributed by atoms with Gasteiger partial charge in [-0.3, -0.25) is 4.79 Å². The van der Waals surface area contributed by atoms with E-state index in [0.29, 0.717) is 29.6 Å². The van der Waals surface area contributed by atoms with Crippen molar-refractivity contribution in [1.29, 1.82) is 0 Å². The van der Waals surface area contributed by atoms with Crippen LogP contribution in [0.1, 0.15) is 15.9 Å². The highest BCUT2D eigenvalue weighted by atomic mass is 79.9. The quantitative estimate of drug-likeness (QED) is 0.544. The Kier molecular flexibility index (Phi) is 5.97. The van der Waals surface area contributed by atoms with Crippen LogP contribution in [0.4, 0.5) is 21.8 Å². The van der Waals surface area contributed by atoms with Crippen molar-refractivity contribution in [2.24, 2.45) is 0 Å². The lowest BCUT2D eigenvalue weighted by Gasteiger charge is -2.10. The first-order valence-electron chi connectivity index (χ1n) is 8.15. The molecule has 0 aliphatic carbocycles. The Morgan fingerprint density at radius 3 is 2.48 bits per heavy atom. The maximum Gasteiger partial charge on any atom is 0.255 e. The van der Waals surface area contributed by atoms with Crippen molar-refractivity contribution >= 4 is 39.3 Å². The van der Waals surface area contributed by atoms with Gasteiger partial charge in [0.2, 0.25) is 5.95 Å². The first-order valence-corrected chi connectivity index (χ1v) is 8.94. The molecule has 0 aliphatic heterocycles. The van der Waals surface area contributed by atoms with Crippen molar-refractivity contribution in [3.8, 4) is 0 Å². The molecule has 0 radical (unpaired) electrons. The molecule has 3 aromatic rings. The summed E-state index contributed by atoms with van der Waals surface area (Å²) in [5, 5.41) is 8.91. The largest absolute Gasteiger partial charge is 0.365 e. The van der Waals surface area contributed by atoms with Gasteiger partial charge in [0, 0.05) is 31.0 Å². The number of carbonyl (C=O) groups excluding carboxylic acids is 1. The number of hydrogen-bond donors (Lipinski definition) is 3. The Labute approximate surface area is 164 Å². The van der Waals surface area contributed by atoms with Crippen LogP contribution in [0.25, 0.3) is 0 Å². The van der Waals surface area contributed by atoms with E-state index in [1.165, 1.54) is 24.3 Å². The molecule has 2 aromatic carbocycles. The SMILES string of the molecule is CNc1ncc(Br)c(NCc2ccc(NC(=O)c3ccc(F)cc3)cc2)n1. The normalized spacial score (nSPS) is 10.3. The van der Waals surface area contributed by atoms with Crippen LogP contribution in [0.2, 0.25) is 0 Å². The van der Waals surface area contributed by atoms with Crippen LogP contribution in [0, 0.1) is 5.82 Å². The highest BCUT2D eigenvalue weighted by Crippen LogP contribution is 2.21. The van der Waals surface area contributed by atoms with E-state index in [9.17, 15) is 9.18 Å². The Balaban J connectivity index is 1.60. The minimum absolute atomic E-state index is 0.287. The summed E-state index contributed by atoms with van der Waals surface area (Å²) < 4.78 is 13.7. The van der Waals surface area contributed by atoms with Crippen molar-refractivity contribution in [1.82, 2.24) is 9.97 Å². The Bertz CT molecular complexity index is 932. The fraction of sp³-hybridized carbons (Fsp3) is 0.105. The number of aromatic nitrogens is 2. The highest BCUT2D eigenvalue weighted by Gasteiger charge is 2.07. The summed E-state index contributed by atoms with van der Waals surface area (Å²) >= 11 is 3.41. The molecular weight excluding hydrogens is 413 g/mol. The van der Waals surface area contributed by atoms with E-state index in [1.54, 1.807) is 13.2 Å². The second-order valence-corrected chi connectivity index (χ2v) is 6.51. The van der Waals surface area contributed by atoms with Gasteiger partial charge in [-0.2, -0.15) is 4.98 Å². The molecule has 1 heterocycles. The fourth-order valence-electron chi connectivity index (χ4n) is 2.31. The first-order chi connectivity index (χ1) is 13.0. The van der Waals surface area contributed by atoms with Crippen molar-refractivity contribution < 1.29 is 9.18 Å². The molecule has 6 nitrogen and oxygen atoms in total. The lowest BCUT2D eigenvalue weighted by atomic mass is 10.1. The van der Waals surface area contributed by atoms with Gasteiger partial charge < -0.3 is 16.0 Å². The van der Waals surface area contributed by atoms with Crippen molar-refractivity contribution in [2.45, 2.75) is 6.54 Å². The Hall–Kier alpha value is -3.00. The molecule has 3 N–H and O–H groups in total. The number of benzene rings is 2. The van der Waals surface area contributed by atoms with E-state index in [2.05, 4.69) is 41.8 Å². The van der Waals surface area contributed by atoms with E-state index in [1.807, 2.05) is 24.3 Å². The van der Waals surface area contributed by atoms with Crippen LogP contribution in [-0.2, 0) is 6.54 Å². The highest BCUT2D eigenvalue weighted by molar-refractivity contribution is 9.10. The zero-order chi connectivity index (χ0) is 19.2. The van der Waals surface area contributed by atoms with Gasteiger partial charge in [-0.25, -0.2) is 9.37 Å². The molecule has 8 heteroatoms. The van der Waals surface area contributed by atoms with E-state index >= 15 is 0 Å². The standard InChI is InChI=1S/C19H17BrFN5O/c1-22-19-24-11-16(20)17(26-19)23-10-12-2-8-15(9-3-12)25-18(27)13-4-6-14(21)7-5-13/h2-9,11H,10H2,1H3,(H,25,27)(H2,22,23,24,26). The molecule has 0 aliphatic rings. The third-order valence-corrected chi connectivity index (χ3v) is 4.33. The summed E-state index contributed by atoms with van der Waals surface area (Å²) in [7, 11) is 1.76. The maximum atomic E-state index is 12.9. The van der Waals surface area contributed by atoms with Gasteiger partial charge in [0.15, 0.2) is 0 Å². The molecule has 0 spiro atoms. The smallest absolute Gasteiger partial charge is 0.255 e. The predicted molar refractivity (Wildman–Crippen MR) is 107 cm³/mol. The van der Waals surface area contributed by atoms with Crippen LogP contribution in [-0.4, -0.2) is 22.9 Å². The number of nitrogens with one attached hydrogen (secondary N) is 3. The molecule has 1 aromatic heterocycles. The third kappa shape index (κ3) is 5.01. The minimum atomic E-state index is -0.374. The number of carbonyl (C=O) groups is 1. The molecule has 0 fully saturated rings. The summed E-state index contributed by atoms with van der Waals surface area (Å²) in [6.07, 6.45) is 1.68. The van der Waals surface area contributed by atoms with Gasteiger partial charge in [0.25, 0.3) is 5.91 Å². The molecule has 0 atom stereocenters. The number of rotatable bonds is 6. The molecule has 1 amide bonds. The van der Waals surface area contributed by atoms with E-state index in [-0.39, 0.29) is 11.7 Å². The average Bonchev–Trinajstić information content (AvgIpc) is 2.69. The molecule has 0 bridgehead atoms. The van der Waals surface area contributed by atoms with Gasteiger partial charge in [-0.15, -0.1) is 0 Å². The van der Waals surface area contributed by atoms with Crippen LogP contribution in [0.5, 0.6) is 0 Å². The molecular formula is C19H17BrFN5O. The van der Waals surface area contributed by atoms with Gasteiger partial charge >= 0.3 is 0 Å². The van der Waals surface area contributed by atoms with Crippen LogP contribution < -0.4 is 16.0 Å². The maximum absolute atomic E-state index is 12.9. The molecule has 3 rings (SSSR count). The minimum Gasteiger partial charge on any atom is -0.365 e. The second-order valence-electron chi connectivity index (χ2n) is 5.65. The lowest BCUT2D eigenvalue weighted by molar-refractivity contribution is 0.102. The Morgan fingerprint density at radius 1 is 1.11 bits per heavy atom.